The number of methoxy groups -OCH3 is 1. The molecule has 110 valence electrons. The van der Waals surface area contributed by atoms with Gasteiger partial charge in [0.2, 0.25) is 0 Å². The summed E-state index contributed by atoms with van der Waals surface area (Å²) >= 11 is 0. The van der Waals surface area contributed by atoms with E-state index in [-0.39, 0.29) is 6.04 Å². The third kappa shape index (κ3) is 3.25. The van der Waals surface area contributed by atoms with Crippen molar-refractivity contribution in [1.29, 1.82) is 0 Å². The van der Waals surface area contributed by atoms with E-state index in [1.54, 1.807) is 13.4 Å². The van der Waals surface area contributed by atoms with Gasteiger partial charge in [-0.15, -0.1) is 0 Å². The van der Waals surface area contributed by atoms with Gasteiger partial charge in [-0.05, 0) is 13.3 Å². The first-order chi connectivity index (χ1) is 9.63. The molecule has 0 saturated carbocycles. The van der Waals surface area contributed by atoms with Crippen LogP contribution in [0.1, 0.15) is 25.1 Å². The predicted molar refractivity (Wildman–Crippen MR) is 80.3 cm³/mol. The molecule has 1 aromatic rings. The number of aliphatic imine (C=N–C) groups is 1. The molecule has 0 bridgehead atoms. The summed E-state index contributed by atoms with van der Waals surface area (Å²) < 4.78 is 5.13. The minimum atomic E-state index is 0.222. The number of ether oxygens (including phenoxy) is 1. The van der Waals surface area contributed by atoms with E-state index in [1.165, 1.54) is 0 Å². The second-order valence-electron chi connectivity index (χ2n) is 5.20. The molecule has 1 aliphatic rings. The normalized spacial score (nSPS) is 19.4. The van der Waals surface area contributed by atoms with Gasteiger partial charge in [-0.3, -0.25) is 4.99 Å². The number of likely N-dealkylation sites (N-methyl/N-ethyl adjacent to an activating group) is 1. The fraction of sp³-hybridized carbons (Fsp3) is 0.643. The summed E-state index contributed by atoms with van der Waals surface area (Å²) in [5.74, 6) is 0.943. The molecule has 2 rings (SSSR count). The lowest BCUT2D eigenvalue weighted by Crippen LogP contribution is -2.31. The molecule has 0 aliphatic carbocycles. The van der Waals surface area contributed by atoms with Crippen molar-refractivity contribution in [3.63, 3.8) is 0 Å². The highest BCUT2D eigenvalue weighted by Gasteiger charge is 2.21. The lowest BCUT2D eigenvalue weighted by molar-refractivity contribution is 0.189. The van der Waals surface area contributed by atoms with Gasteiger partial charge in [0, 0.05) is 39.9 Å². The van der Waals surface area contributed by atoms with Crippen LogP contribution in [0.25, 0.3) is 0 Å². The molecule has 2 heterocycles. The van der Waals surface area contributed by atoms with E-state index in [4.69, 9.17) is 4.74 Å². The van der Waals surface area contributed by atoms with Crippen LogP contribution in [0.2, 0.25) is 0 Å². The zero-order chi connectivity index (χ0) is 14.5. The Morgan fingerprint density at radius 1 is 1.50 bits per heavy atom. The van der Waals surface area contributed by atoms with Crippen LogP contribution in [-0.2, 0) is 4.74 Å². The minimum absolute atomic E-state index is 0.222. The molecule has 0 aromatic carbocycles. The van der Waals surface area contributed by atoms with Crippen LogP contribution in [0.3, 0.4) is 0 Å². The lowest BCUT2D eigenvalue weighted by Gasteiger charge is -2.27. The fourth-order valence-corrected chi connectivity index (χ4v) is 2.23. The zero-order valence-electron chi connectivity index (χ0n) is 12.7. The second kappa shape index (κ2) is 6.65. The quantitative estimate of drug-likeness (QED) is 0.785. The number of nitrogens with zero attached hydrogens (tertiary/aromatic N) is 5. The van der Waals surface area contributed by atoms with E-state index in [9.17, 15) is 0 Å². The molecule has 2 unspecified atom stereocenters. The Hall–Kier alpha value is -1.69. The summed E-state index contributed by atoms with van der Waals surface area (Å²) in [6, 6.07) is 2.65. The van der Waals surface area contributed by atoms with E-state index in [2.05, 4.69) is 44.8 Å². The number of aromatic nitrogens is 2. The Morgan fingerprint density at radius 2 is 2.30 bits per heavy atom. The third-order valence-corrected chi connectivity index (χ3v) is 3.81. The molecule has 1 aliphatic heterocycles. The lowest BCUT2D eigenvalue weighted by atomic mass is 10.1. The fourth-order valence-electron chi connectivity index (χ4n) is 2.23. The van der Waals surface area contributed by atoms with E-state index in [1.807, 2.05) is 13.4 Å². The first-order valence-electron chi connectivity index (χ1n) is 6.89. The summed E-state index contributed by atoms with van der Waals surface area (Å²) in [6.07, 6.45) is 4.46. The van der Waals surface area contributed by atoms with E-state index in [0.29, 0.717) is 6.04 Å². The average Bonchev–Trinajstić information content (AvgIpc) is 2.90. The smallest absolute Gasteiger partial charge is 0.132 e. The number of rotatable bonds is 6. The summed E-state index contributed by atoms with van der Waals surface area (Å²) in [4.78, 5) is 17.3. The Labute approximate surface area is 120 Å². The molecule has 20 heavy (non-hydrogen) atoms. The zero-order valence-corrected chi connectivity index (χ0v) is 12.7. The van der Waals surface area contributed by atoms with Gasteiger partial charge in [-0.25, -0.2) is 9.97 Å². The Bertz CT molecular complexity index is 465. The number of hydrogen-bond acceptors (Lipinski definition) is 6. The van der Waals surface area contributed by atoms with Crippen LogP contribution in [-0.4, -0.2) is 61.6 Å². The highest BCUT2D eigenvalue weighted by molar-refractivity contribution is 5.58. The highest BCUT2D eigenvalue weighted by Crippen LogP contribution is 2.23. The van der Waals surface area contributed by atoms with Gasteiger partial charge in [0.15, 0.2) is 0 Å². The molecule has 6 heteroatoms. The predicted octanol–water partition coefficient (Wildman–Crippen LogP) is 1.35. The van der Waals surface area contributed by atoms with Crippen molar-refractivity contribution in [1.82, 2.24) is 14.9 Å². The van der Waals surface area contributed by atoms with Crippen molar-refractivity contribution >= 4 is 12.2 Å². The summed E-state index contributed by atoms with van der Waals surface area (Å²) in [7, 11) is 5.81. The summed E-state index contributed by atoms with van der Waals surface area (Å²) in [6.45, 7) is 3.68. The van der Waals surface area contributed by atoms with Crippen LogP contribution in [0.4, 0.5) is 5.82 Å². The summed E-state index contributed by atoms with van der Waals surface area (Å²) in [5, 5.41) is 0. The van der Waals surface area contributed by atoms with Crippen LogP contribution < -0.4 is 4.90 Å². The molecule has 6 nitrogen and oxygen atoms in total. The molecular weight excluding hydrogens is 254 g/mol. The van der Waals surface area contributed by atoms with Gasteiger partial charge in [-0.1, -0.05) is 0 Å². The maximum atomic E-state index is 5.13. The molecule has 1 aromatic heterocycles. The van der Waals surface area contributed by atoms with Gasteiger partial charge in [-0.2, -0.15) is 0 Å². The van der Waals surface area contributed by atoms with Gasteiger partial charge in [0.1, 0.15) is 12.1 Å². The van der Waals surface area contributed by atoms with Crippen molar-refractivity contribution in [2.75, 3.05) is 39.3 Å². The summed E-state index contributed by atoms with van der Waals surface area (Å²) in [5.41, 5.74) is 1.01. The Balaban J connectivity index is 2.09. The standard InChI is InChI=1S/C14H23N5O/c1-11(5-6-20-4)19(3)14-7-12(16-9-17-14)13-8-15-10-18(13)2/h7,9-11,13H,5-6,8H2,1-4H3. The van der Waals surface area contributed by atoms with Gasteiger partial charge in [0.05, 0.1) is 24.6 Å². The monoisotopic (exact) mass is 277 g/mol. The molecule has 0 N–H and O–H groups in total. The Kier molecular flexibility index (Phi) is 4.89. The maximum Gasteiger partial charge on any atom is 0.132 e. The molecule has 2 atom stereocenters. The van der Waals surface area contributed by atoms with Crippen molar-refractivity contribution in [3.05, 3.63) is 18.1 Å². The van der Waals surface area contributed by atoms with Crippen LogP contribution in [0.5, 0.6) is 0 Å². The number of anilines is 1. The van der Waals surface area contributed by atoms with Gasteiger partial charge in [0.25, 0.3) is 0 Å². The maximum absolute atomic E-state index is 5.13. The van der Waals surface area contributed by atoms with Crippen LogP contribution in [0.15, 0.2) is 17.4 Å². The molecule has 0 amide bonds. The first-order valence-corrected chi connectivity index (χ1v) is 6.89. The topological polar surface area (TPSA) is 53.9 Å². The minimum Gasteiger partial charge on any atom is -0.385 e. The average molecular weight is 277 g/mol. The van der Waals surface area contributed by atoms with E-state index < -0.39 is 0 Å². The van der Waals surface area contributed by atoms with Crippen molar-refractivity contribution < 1.29 is 4.74 Å². The number of hydrogen-bond donors (Lipinski definition) is 0. The van der Waals surface area contributed by atoms with Crippen LogP contribution in [0, 0.1) is 0 Å². The highest BCUT2D eigenvalue weighted by atomic mass is 16.5. The molecule has 0 fully saturated rings. The SMILES string of the molecule is COCCC(C)N(C)c1cc(C2CN=CN2C)ncn1. The van der Waals surface area contributed by atoms with E-state index >= 15 is 0 Å². The first kappa shape index (κ1) is 14.7. The van der Waals surface area contributed by atoms with Crippen molar-refractivity contribution in [3.8, 4) is 0 Å². The second-order valence-corrected chi connectivity index (χ2v) is 5.20. The molecule has 0 saturated heterocycles. The third-order valence-electron chi connectivity index (χ3n) is 3.81. The van der Waals surface area contributed by atoms with E-state index in [0.717, 1.165) is 31.1 Å². The largest absolute Gasteiger partial charge is 0.385 e. The van der Waals surface area contributed by atoms with Crippen molar-refractivity contribution in [2.24, 2.45) is 4.99 Å². The van der Waals surface area contributed by atoms with Gasteiger partial charge < -0.3 is 14.5 Å². The van der Waals surface area contributed by atoms with Gasteiger partial charge >= 0.3 is 0 Å². The van der Waals surface area contributed by atoms with Crippen LogP contribution >= 0.6 is 0 Å². The molecular formula is C14H23N5O. The Morgan fingerprint density at radius 3 is 2.95 bits per heavy atom. The molecule has 0 radical (unpaired) electrons. The van der Waals surface area contributed by atoms with Crippen molar-refractivity contribution in [2.45, 2.75) is 25.4 Å². The molecule has 0 spiro atoms.